The van der Waals surface area contributed by atoms with Gasteiger partial charge in [0, 0.05) is 19.3 Å². The van der Waals surface area contributed by atoms with Gasteiger partial charge < -0.3 is 5.73 Å². The maximum atomic E-state index is 12.1. The monoisotopic (exact) mass is 261 g/mol. The van der Waals surface area contributed by atoms with Crippen LogP contribution in [0.25, 0.3) is 0 Å². The van der Waals surface area contributed by atoms with Gasteiger partial charge in [-0.3, -0.25) is 14.2 Å². The third-order valence-corrected chi connectivity index (χ3v) is 3.33. The van der Waals surface area contributed by atoms with Crippen LogP contribution in [0, 0.1) is 0 Å². The third-order valence-electron chi connectivity index (χ3n) is 3.33. The van der Waals surface area contributed by atoms with Crippen molar-refractivity contribution in [2.45, 2.75) is 32.7 Å². The topological polar surface area (TPSA) is 78.7 Å². The normalized spacial score (nSPS) is 12.6. The number of hydrogen-bond acceptors (Lipinski definition) is 4. The number of hydrogen-bond donors (Lipinski definition) is 1. The molecule has 0 spiro atoms. The first-order valence-corrected chi connectivity index (χ1v) is 6.37. The summed E-state index contributed by atoms with van der Waals surface area (Å²) < 4.78 is 3.38. The van der Waals surface area contributed by atoms with Crippen LogP contribution in [0.1, 0.15) is 42.4 Å². The summed E-state index contributed by atoms with van der Waals surface area (Å²) >= 11 is 0. The zero-order chi connectivity index (χ0) is 14.0. The van der Waals surface area contributed by atoms with Gasteiger partial charge in [0.1, 0.15) is 5.82 Å². The summed E-state index contributed by atoms with van der Waals surface area (Å²) in [6.07, 6.45) is 4.66. The van der Waals surface area contributed by atoms with Crippen molar-refractivity contribution in [2.75, 3.05) is 5.73 Å². The van der Waals surface area contributed by atoms with E-state index in [0.29, 0.717) is 17.4 Å². The second-order valence-corrected chi connectivity index (χ2v) is 4.71. The van der Waals surface area contributed by atoms with E-state index in [-0.39, 0.29) is 12.2 Å². The lowest BCUT2D eigenvalue weighted by molar-refractivity contribution is 0.0992. The van der Waals surface area contributed by atoms with Crippen molar-refractivity contribution in [1.29, 1.82) is 0 Å². The molecule has 1 unspecified atom stereocenters. The largest absolute Gasteiger partial charge is 0.383 e. The van der Waals surface area contributed by atoms with E-state index in [1.54, 1.807) is 7.05 Å². The lowest BCUT2D eigenvalue weighted by Gasteiger charge is -2.07. The van der Waals surface area contributed by atoms with Crippen molar-refractivity contribution in [3.8, 4) is 0 Å². The molecule has 0 aromatic carbocycles. The molecule has 2 aromatic heterocycles. The average molecular weight is 261 g/mol. The van der Waals surface area contributed by atoms with Crippen molar-refractivity contribution >= 4 is 11.6 Å². The van der Waals surface area contributed by atoms with Gasteiger partial charge in [-0.1, -0.05) is 6.92 Å². The highest BCUT2D eigenvalue weighted by molar-refractivity contribution is 6.00. The minimum absolute atomic E-state index is 0.0556. The number of rotatable bonds is 5. The number of ketones is 1. The van der Waals surface area contributed by atoms with Crippen LogP contribution < -0.4 is 5.73 Å². The lowest BCUT2D eigenvalue weighted by atomic mass is 10.1. The Hall–Kier alpha value is -2.11. The maximum absolute atomic E-state index is 12.1. The van der Waals surface area contributed by atoms with Crippen LogP contribution in [0.4, 0.5) is 5.82 Å². The first-order chi connectivity index (χ1) is 9.02. The van der Waals surface area contributed by atoms with Gasteiger partial charge >= 0.3 is 0 Å². The minimum atomic E-state index is -0.0556. The number of nitrogens with two attached hydrogens (primary N) is 1. The van der Waals surface area contributed by atoms with Crippen LogP contribution in [-0.4, -0.2) is 25.3 Å². The Morgan fingerprint density at radius 1 is 1.53 bits per heavy atom. The molecule has 2 heterocycles. The van der Waals surface area contributed by atoms with Crippen LogP contribution in [-0.2, 0) is 13.5 Å². The zero-order valence-electron chi connectivity index (χ0n) is 11.5. The van der Waals surface area contributed by atoms with E-state index in [4.69, 9.17) is 5.73 Å². The average Bonchev–Trinajstić information content (AvgIpc) is 2.97. The van der Waals surface area contributed by atoms with Gasteiger partial charge in [0.25, 0.3) is 0 Å². The highest BCUT2D eigenvalue weighted by Gasteiger charge is 2.16. The molecule has 0 bridgehead atoms. The highest BCUT2D eigenvalue weighted by Crippen LogP contribution is 2.14. The third kappa shape index (κ3) is 2.67. The molecule has 102 valence electrons. The van der Waals surface area contributed by atoms with E-state index in [1.165, 1.54) is 10.9 Å². The summed E-state index contributed by atoms with van der Waals surface area (Å²) in [5, 5.41) is 8.38. The molecule has 1 atom stereocenters. The number of Topliss-reactive ketones (excluding diaryl/α,β-unsaturated/α-hetero) is 1. The highest BCUT2D eigenvalue weighted by atomic mass is 16.1. The molecule has 2 rings (SSSR count). The molecule has 0 aliphatic rings. The van der Waals surface area contributed by atoms with E-state index >= 15 is 0 Å². The van der Waals surface area contributed by atoms with Gasteiger partial charge in [-0.15, -0.1) is 0 Å². The van der Waals surface area contributed by atoms with Gasteiger partial charge in [0.2, 0.25) is 0 Å². The van der Waals surface area contributed by atoms with Crippen LogP contribution in [0.15, 0.2) is 18.5 Å². The number of anilines is 1. The molecule has 6 nitrogen and oxygen atoms in total. The van der Waals surface area contributed by atoms with Gasteiger partial charge in [0.05, 0.1) is 23.9 Å². The van der Waals surface area contributed by atoms with Gasteiger partial charge in [-0.05, 0) is 19.4 Å². The molecular formula is C13H19N5O. The van der Waals surface area contributed by atoms with Gasteiger partial charge in [-0.25, -0.2) is 0 Å². The summed E-state index contributed by atoms with van der Waals surface area (Å²) in [6, 6.07) is 2.21. The molecule has 0 radical (unpaired) electrons. The van der Waals surface area contributed by atoms with Gasteiger partial charge in [-0.2, -0.15) is 10.2 Å². The summed E-state index contributed by atoms with van der Waals surface area (Å²) in [5.41, 5.74) is 7.00. The summed E-state index contributed by atoms with van der Waals surface area (Å²) in [5.74, 6) is 0.339. The Bertz CT molecular complexity index is 584. The number of nitrogen functional groups attached to an aromatic ring is 1. The van der Waals surface area contributed by atoms with E-state index in [2.05, 4.69) is 24.0 Å². The molecule has 2 N–H and O–H groups in total. The van der Waals surface area contributed by atoms with Crippen LogP contribution in [0.5, 0.6) is 0 Å². The molecule has 0 fully saturated rings. The number of aromatic nitrogens is 4. The molecule has 0 aliphatic carbocycles. The summed E-state index contributed by atoms with van der Waals surface area (Å²) in [6.45, 7) is 4.20. The number of aryl methyl sites for hydroxylation is 1. The Kier molecular flexibility index (Phi) is 3.69. The first-order valence-electron chi connectivity index (χ1n) is 6.37. The SMILES string of the molecule is CCC(C)n1ccc(CC(=O)c2cnn(C)c2N)n1. The first kappa shape index (κ1) is 13.3. The van der Waals surface area contributed by atoms with Crippen molar-refractivity contribution in [2.24, 2.45) is 7.05 Å². The second-order valence-electron chi connectivity index (χ2n) is 4.71. The standard InChI is InChI=1S/C13H19N5O/c1-4-9(2)18-6-5-10(16-18)7-12(19)11-8-15-17(3)13(11)14/h5-6,8-9H,4,7,14H2,1-3H3. The number of carbonyl (C=O) groups is 1. The molecule has 0 aliphatic heterocycles. The zero-order valence-corrected chi connectivity index (χ0v) is 11.5. The molecule has 0 amide bonds. The summed E-state index contributed by atoms with van der Waals surface area (Å²) in [4.78, 5) is 12.1. The van der Waals surface area contributed by atoms with E-state index in [9.17, 15) is 4.79 Å². The van der Waals surface area contributed by atoms with Crippen molar-refractivity contribution in [1.82, 2.24) is 19.6 Å². The van der Waals surface area contributed by atoms with Crippen molar-refractivity contribution in [3.63, 3.8) is 0 Å². The molecule has 2 aromatic rings. The predicted molar refractivity (Wildman–Crippen MR) is 72.9 cm³/mol. The van der Waals surface area contributed by atoms with E-state index < -0.39 is 0 Å². The Balaban J connectivity index is 2.11. The second kappa shape index (κ2) is 5.26. The van der Waals surface area contributed by atoms with Crippen LogP contribution in [0.2, 0.25) is 0 Å². The lowest BCUT2D eigenvalue weighted by Crippen LogP contribution is -2.09. The Morgan fingerprint density at radius 2 is 2.26 bits per heavy atom. The Morgan fingerprint density at radius 3 is 2.84 bits per heavy atom. The quantitative estimate of drug-likeness (QED) is 0.829. The molecule has 6 heteroatoms. The fraction of sp³-hybridized carbons (Fsp3) is 0.462. The fourth-order valence-corrected chi connectivity index (χ4v) is 1.83. The molecule has 0 saturated heterocycles. The van der Waals surface area contributed by atoms with Gasteiger partial charge in [0.15, 0.2) is 5.78 Å². The molecule has 0 saturated carbocycles. The number of nitrogens with zero attached hydrogens (tertiary/aromatic N) is 4. The van der Waals surface area contributed by atoms with Crippen LogP contribution >= 0.6 is 0 Å². The van der Waals surface area contributed by atoms with E-state index in [1.807, 2.05) is 16.9 Å². The molecule has 19 heavy (non-hydrogen) atoms. The smallest absolute Gasteiger partial charge is 0.174 e. The number of carbonyl (C=O) groups excluding carboxylic acids is 1. The van der Waals surface area contributed by atoms with Crippen LogP contribution in [0.3, 0.4) is 0 Å². The fourth-order valence-electron chi connectivity index (χ4n) is 1.83. The van der Waals surface area contributed by atoms with E-state index in [0.717, 1.165) is 12.1 Å². The summed E-state index contributed by atoms with van der Waals surface area (Å²) in [7, 11) is 1.71. The van der Waals surface area contributed by atoms with Crippen molar-refractivity contribution < 1.29 is 4.79 Å². The maximum Gasteiger partial charge on any atom is 0.174 e. The predicted octanol–water partition coefficient (Wildman–Crippen LogP) is 1.60. The molecular weight excluding hydrogens is 242 g/mol. The minimum Gasteiger partial charge on any atom is -0.383 e. The Labute approximate surface area is 112 Å². The van der Waals surface area contributed by atoms with Crippen molar-refractivity contribution in [3.05, 3.63) is 29.7 Å².